The minimum Gasteiger partial charge on any atom is -0.375 e. The number of hydrogen-bond donors (Lipinski definition) is 2. The largest absolute Gasteiger partial charge is 0.375 e. The van der Waals surface area contributed by atoms with Crippen molar-refractivity contribution in [2.45, 2.75) is 26.2 Å². The Kier molecular flexibility index (Phi) is 7.80. The Hall–Kier alpha value is -2.92. The van der Waals surface area contributed by atoms with E-state index in [1.807, 2.05) is 32.2 Å². The molecule has 0 fully saturated rings. The Morgan fingerprint density at radius 3 is 2.60 bits per heavy atom. The first-order chi connectivity index (χ1) is 14.5. The van der Waals surface area contributed by atoms with Crippen molar-refractivity contribution >= 4 is 45.3 Å². The van der Waals surface area contributed by atoms with Crippen molar-refractivity contribution < 1.29 is 9.59 Å². The molecule has 0 bridgehead atoms. The maximum Gasteiger partial charge on any atom is 0.288 e. The second kappa shape index (κ2) is 10.7. The van der Waals surface area contributed by atoms with Gasteiger partial charge in [-0.15, -0.1) is 20.4 Å². The summed E-state index contributed by atoms with van der Waals surface area (Å²) >= 11 is 2.46. The molecule has 0 aliphatic rings. The molecule has 2 heterocycles. The van der Waals surface area contributed by atoms with E-state index in [4.69, 9.17) is 0 Å². The minimum absolute atomic E-state index is 0.0390. The van der Waals surface area contributed by atoms with Crippen LogP contribution in [-0.4, -0.2) is 52.3 Å². The van der Waals surface area contributed by atoms with Crippen LogP contribution in [0, 0.1) is 6.92 Å². The van der Waals surface area contributed by atoms with Gasteiger partial charge < -0.3 is 10.2 Å². The Morgan fingerprint density at radius 1 is 1.07 bits per heavy atom. The van der Waals surface area contributed by atoms with Crippen molar-refractivity contribution in [3.8, 4) is 0 Å². The third kappa shape index (κ3) is 6.56. The first-order valence-corrected chi connectivity index (χ1v) is 11.1. The molecule has 9 nitrogen and oxygen atoms in total. The maximum atomic E-state index is 12.2. The van der Waals surface area contributed by atoms with Crippen LogP contribution >= 0.6 is 22.7 Å². The summed E-state index contributed by atoms with van der Waals surface area (Å²) in [6, 6.07) is 10.1. The second-order valence-corrected chi connectivity index (χ2v) is 8.79. The summed E-state index contributed by atoms with van der Waals surface area (Å²) in [4.78, 5) is 26.4. The van der Waals surface area contributed by atoms with Crippen molar-refractivity contribution in [3.05, 3.63) is 45.4 Å². The van der Waals surface area contributed by atoms with Crippen LogP contribution in [-0.2, 0) is 11.2 Å². The number of carbonyl (C=O) groups is 2. The molecule has 0 radical (unpaired) electrons. The van der Waals surface area contributed by atoms with E-state index in [0.29, 0.717) is 29.5 Å². The number of aromatic nitrogens is 4. The summed E-state index contributed by atoms with van der Waals surface area (Å²) in [5.41, 5.74) is 1.15. The molecular formula is C19H23N7O2S2. The molecule has 0 aliphatic carbocycles. The van der Waals surface area contributed by atoms with Crippen molar-refractivity contribution in [3.63, 3.8) is 0 Å². The molecule has 11 heteroatoms. The van der Waals surface area contributed by atoms with Gasteiger partial charge in [0.2, 0.25) is 16.0 Å². The van der Waals surface area contributed by atoms with Gasteiger partial charge in [-0.3, -0.25) is 14.9 Å². The van der Waals surface area contributed by atoms with Crippen LogP contribution in [0.15, 0.2) is 30.3 Å². The molecule has 1 aromatic carbocycles. The predicted octanol–water partition coefficient (Wildman–Crippen LogP) is 2.53. The predicted molar refractivity (Wildman–Crippen MR) is 118 cm³/mol. The number of para-hydroxylation sites is 1. The standard InChI is InChI=1S/C19H23N7O2S2/c1-13-22-25-19(29-13)21-17(28)18-24-23-16(30-18)10-9-15(27)20-11-6-12-26(2)14-7-4-3-5-8-14/h3-5,7-8H,6,9-12H2,1-2H3,(H,20,27)(H,21,25,28). The van der Waals surface area contributed by atoms with E-state index in [2.05, 4.69) is 48.1 Å². The Labute approximate surface area is 182 Å². The lowest BCUT2D eigenvalue weighted by molar-refractivity contribution is -0.121. The van der Waals surface area contributed by atoms with Crippen LogP contribution < -0.4 is 15.5 Å². The summed E-state index contributed by atoms with van der Waals surface area (Å²) < 4.78 is 0. The Balaban J connectivity index is 1.34. The SMILES string of the molecule is Cc1nnc(NC(=O)c2nnc(CCC(=O)NCCCN(C)c3ccccc3)s2)s1. The molecule has 0 unspecified atom stereocenters. The van der Waals surface area contributed by atoms with Crippen molar-refractivity contribution in [2.75, 3.05) is 30.4 Å². The van der Waals surface area contributed by atoms with Crippen molar-refractivity contribution in [1.29, 1.82) is 0 Å². The van der Waals surface area contributed by atoms with Crippen LogP contribution in [0.1, 0.15) is 32.7 Å². The molecule has 0 atom stereocenters. The Morgan fingerprint density at radius 2 is 1.87 bits per heavy atom. The zero-order valence-corrected chi connectivity index (χ0v) is 18.4. The van der Waals surface area contributed by atoms with E-state index in [1.165, 1.54) is 22.7 Å². The van der Waals surface area contributed by atoms with Gasteiger partial charge in [-0.1, -0.05) is 40.9 Å². The van der Waals surface area contributed by atoms with E-state index in [-0.39, 0.29) is 16.8 Å². The van der Waals surface area contributed by atoms with Gasteiger partial charge in [-0.25, -0.2) is 0 Å². The minimum atomic E-state index is -0.373. The van der Waals surface area contributed by atoms with Gasteiger partial charge in [-0.2, -0.15) is 0 Å². The number of rotatable bonds is 10. The maximum absolute atomic E-state index is 12.2. The van der Waals surface area contributed by atoms with Crippen molar-refractivity contribution in [1.82, 2.24) is 25.7 Å². The van der Waals surface area contributed by atoms with Crippen LogP contribution in [0.5, 0.6) is 0 Å². The summed E-state index contributed by atoms with van der Waals surface area (Å²) in [6.07, 6.45) is 1.60. The quantitative estimate of drug-likeness (QED) is 0.461. The van der Waals surface area contributed by atoms with Gasteiger partial charge >= 0.3 is 0 Å². The highest BCUT2D eigenvalue weighted by Gasteiger charge is 2.15. The molecule has 3 rings (SSSR count). The van der Waals surface area contributed by atoms with E-state index < -0.39 is 0 Å². The first-order valence-electron chi connectivity index (χ1n) is 9.48. The van der Waals surface area contributed by atoms with Crippen LogP contribution in [0.2, 0.25) is 0 Å². The summed E-state index contributed by atoms with van der Waals surface area (Å²) in [7, 11) is 2.03. The topological polar surface area (TPSA) is 113 Å². The lowest BCUT2D eigenvalue weighted by Gasteiger charge is -2.19. The van der Waals surface area contributed by atoms with E-state index in [1.54, 1.807) is 0 Å². The number of carbonyl (C=O) groups excluding carboxylic acids is 2. The molecule has 0 spiro atoms. The van der Waals surface area contributed by atoms with Gasteiger partial charge in [0.15, 0.2) is 0 Å². The van der Waals surface area contributed by atoms with Gasteiger partial charge in [0, 0.05) is 38.7 Å². The molecule has 2 aromatic heterocycles. The average Bonchev–Trinajstić information content (AvgIpc) is 3.39. The highest BCUT2D eigenvalue weighted by Crippen LogP contribution is 2.17. The number of nitrogens with zero attached hydrogens (tertiary/aromatic N) is 5. The number of aryl methyl sites for hydroxylation is 2. The molecule has 3 aromatic rings. The van der Waals surface area contributed by atoms with E-state index in [0.717, 1.165) is 23.7 Å². The number of hydrogen-bond acceptors (Lipinski definition) is 9. The molecule has 2 N–H and O–H groups in total. The molecule has 0 aliphatic heterocycles. The van der Waals surface area contributed by atoms with E-state index >= 15 is 0 Å². The fraction of sp³-hybridized carbons (Fsp3) is 0.368. The highest BCUT2D eigenvalue weighted by molar-refractivity contribution is 7.15. The first kappa shape index (κ1) is 21.8. The molecule has 0 saturated heterocycles. The lowest BCUT2D eigenvalue weighted by atomic mass is 10.2. The van der Waals surface area contributed by atoms with Gasteiger partial charge in [0.05, 0.1) is 0 Å². The highest BCUT2D eigenvalue weighted by atomic mass is 32.1. The molecule has 0 saturated carbocycles. The van der Waals surface area contributed by atoms with E-state index in [9.17, 15) is 9.59 Å². The number of benzene rings is 1. The smallest absolute Gasteiger partial charge is 0.288 e. The monoisotopic (exact) mass is 445 g/mol. The van der Waals surface area contributed by atoms with Crippen molar-refractivity contribution in [2.24, 2.45) is 0 Å². The third-order valence-corrected chi connectivity index (χ3v) is 5.90. The summed E-state index contributed by atoms with van der Waals surface area (Å²) in [6.45, 7) is 3.28. The Bertz CT molecular complexity index is 974. The summed E-state index contributed by atoms with van der Waals surface area (Å²) in [5.74, 6) is -0.412. The lowest BCUT2D eigenvalue weighted by Crippen LogP contribution is -2.28. The average molecular weight is 446 g/mol. The third-order valence-electron chi connectivity index (χ3n) is 4.16. The number of nitrogens with one attached hydrogen (secondary N) is 2. The van der Waals surface area contributed by atoms with Crippen LogP contribution in [0.4, 0.5) is 10.8 Å². The summed E-state index contributed by atoms with van der Waals surface area (Å²) in [5, 5.41) is 23.2. The molecule has 2 amide bonds. The zero-order valence-electron chi connectivity index (χ0n) is 16.8. The second-order valence-electron chi connectivity index (χ2n) is 6.54. The number of amides is 2. The zero-order chi connectivity index (χ0) is 21.3. The molecule has 30 heavy (non-hydrogen) atoms. The van der Waals surface area contributed by atoms with Crippen LogP contribution in [0.25, 0.3) is 0 Å². The number of anilines is 2. The molecule has 158 valence electrons. The van der Waals surface area contributed by atoms with Crippen LogP contribution in [0.3, 0.4) is 0 Å². The molecular weight excluding hydrogens is 422 g/mol. The van der Waals surface area contributed by atoms with Gasteiger partial charge in [0.1, 0.15) is 10.0 Å². The fourth-order valence-corrected chi connectivity index (χ4v) is 3.93. The fourth-order valence-electron chi connectivity index (χ4n) is 2.61. The normalized spacial score (nSPS) is 10.6. The van der Waals surface area contributed by atoms with Gasteiger partial charge in [-0.05, 0) is 25.5 Å². The van der Waals surface area contributed by atoms with Gasteiger partial charge in [0.25, 0.3) is 5.91 Å².